The first kappa shape index (κ1) is 23.6. The van der Waals surface area contributed by atoms with E-state index in [0.29, 0.717) is 27.5 Å². The Morgan fingerprint density at radius 1 is 1.09 bits per heavy atom. The molecule has 3 N–H and O–H groups in total. The van der Waals surface area contributed by atoms with Crippen molar-refractivity contribution in [2.24, 2.45) is 0 Å². The zero-order chi connectivity index (χ0) is 24.1. The molecule has 4 rings (SSSR count). The summed E-state index contributed by atoms with van der Waals surface area (Å²) in [4.78, 5) is 41.9. The molecule has 1 aliphatic rings. The lowest BCUT2D eigenvalue weighted by atomic mass is 10.1. The summed E-state index contributed by atoms with van der Waals surface area (Å²) in [6, 6.07) is 14.9. The van der Waals surface area contributed by atoms with Crippen LogP contribution < -0.4 is 20.7 Å². The number of fused-ring (bicyclic) bond motifs is 1. The summed E-state index contributed by atoms with van der Waals surface area (Å²) in [5, 5.41) is 9.72. The minimum atomic E-state index is -0.356. The van der Waals surface area contributed by atoms with Crippen LogP contribution in [0.3, 0.4) is 0 Å². The molecule has 0 radical (unpaired) electrons. The zero-order valence-electron chi connectivity index (χ0n) is 19.0. The van der Waals surface area contributed by atoms with Gasteiger partial charge in [0.25, 0.3) is 5.91 Å². The number of rotatable bonds is 9. The van der Waals surface area contributed by atoms with Crippen LogP contribution in [0.25, 0.3) is 10.9 Å². The summed E-state index contributed by atoms with van der Waals surface area (Å²) in [5.74, 6) is -0.184. The molecule has 176 valence electrons. The molecule has 1 saturated carbocycles. The van der Waals surface area contributed by atoms with E-state index in [1.54, 1.807) is 18.2 Å². The number of hydrogen-bond acceptors (Lipinski definition) is 6. The van der Waals surface area contributed by atoms with Gasteiger partial charge in [-0.05, 0) is 49.6 Å². The number of thioether (sulfide) groups is 1. The van der Waals surface area contributed by atoms with E-state index in [0.717, 1.165) is 23.8 Å². The van der Waals surface area contributed by atoms with Gasteiger partial charge >= 0.3 is 0 Å². The largest absolute Gasteiger partial charge is 0.495 e. The maximum absolute atomic E-state index is 12.7. The van der Waals surface area contributed by atoms with Crippen LogP contribution in [0.4, 0.5) is 5.69 Å². The molecule has 0 unspecified atom stereocenters. The maximum atomic E-state index is 12.7. The van der Waals surface area contributed by atoms with Crippen molar-refractivity contribution in [3.8, 4) is 5.75 Å². The van der Waals surface area contributed by atoms with Gasteiger partial charge in [0.15, 0.2) is 0 Å². The second-order valence-corrected chi connectivity index (χ2v) is 9.09. The van der Waals surface area contributed by atoms with Crippen LogP contribution >= 0.6 is 11.8 Å². The average molecular weight is 479 g/mol. The van der Waals surface area contributed by atoms with Crippen LogP contribution in [-0.2, 0) is 9.59 Å². The van der Waals surface area contributed by atoms with Crippen molar-refractivity contribution in [3.05, 3.63) is 59.7 Å². The van der Waals surface area contributed by atoms with Crippen LogP contribution in [0.1, 0.15) is 28.8 Å². The molecular formula is C25H26N4O4S. The number of carbonyl (C=O) groups excluding carboxylic acids is 3. The Balaban J connectivity index is 1.34. The Kier molecular flexibility index (Phi) is 7.32. The monoisotopic (exact) mass is 478 g/mol. The Bertz CT molecular complexity index is 1240. The van der Waals surface area contributed by atoms with Gasteiger partial charge in [0.05, 0.1) is 41.2 Å². The van der Waals surface area contributed by atoms with E-state index in [9.17, 15) is 14.4 Å². The van der Waals surface area contributed by atoms with Gasteiger partial charge in [-0.3, -0.25) is 14.4 Å². The number of aryl methyl sites for hydroxylation is 1. The highest BCUT2D eigenvalue weighted by molar-refractivity contribution is 7.99. The van der Waals surface area contributed by atoms with E-state index in [1.165, 1.54) is 18.9 Å². The van der Waals surface area contributed by atoms with Gasteiger partial charge in [-0.2, -0.15) is 0 Å². The average Bonchev–Trinajstić information content (AvgIpc) is 3.65. The number of aromatic nitrogens is 1. The van der Waals surface area contributed by atoms with Crippen LogP contribution in [0.2, 0.25) is 0 Å². The smallest absolute Gasteiger partial charge is 0.252 e. The number of methoxy groups -OCH3 is 1. The molecule has 2 aromatic carbocycles. The number of anilines is 1. The number of ether oxygens (including phenoxy) is 1. The predicted molar refractivity (Wildman–Crippen MR) is 132 cm³/mol. The SMILES string of the molecule is COc1ccc(C)cc1NC(=O)CNC(=O)CSc1cc(C(=O)NC2CC2)c2ccccc2n1. The van der Waals surface area contributed by atoms with Crippen molar-refractivity contribution >= 4 is 46.1 Å². The molecule has 1 aromatic heterocycles. The van der Waals surface area contributed by atoms with Crippen molar-refractivity contribution in [1.29, 1.82) is 0 Å². The van der Waals surface area contributed by atoms with Crippen LogP contribution in [-0.4, -0.2) is 48.2 Å². The molecular weight excluding hydrogens is 452 g/mol. The molecule has 1 fully saturated rings. The number of carbonyl (C=O) groups is 3. The van der Waals surface area contributed by atoms with E-state index < -0.39 is 0 Å². The minimum Gasteiger partial charge on any atom is -0.495 e. The minimum absolute atomic E-state index is 0.0655. The summed E-state index contributed by atoms with van der Waals surface area (Å²) < 4.78 is 5.26. The third-order valence-electron chi connectivity index (χ3n) is 5.28. The summed E-state index contributed by atoms with van der Waals surface area (Å²) in [5.41, 5.74) is 2.77. The lowest BCUT2D eigenvalue weighted by molar-refractivity contribution is -0.122. The van der Waals surface area contributed by atoms with Crippen LogP contribution in [0, 0.1) is 6.92 Å². The topological polar surface area (TPSA) is 109 Å². The molecule has 3 amide bonds. The van der Waals surface area contributed by atoms with Gasteiger partial charge in [0, 0.05) is 11.4 Å². The van der Waals surface area contributed by atoms with Crippen LogP contribution in [0.15, 0.2) is 53.6 Å². The summed E-state index contributed by atoms with van der Waals surface area (Å²) in [7, 11) is 1.53. The van der Waals surface area contributed by atoms with E-state index in [2.05, 4.69) is 20.9 Å². The van der Waals surface area contributed by atoms with Crippen molar-refractivity contribution in [2.45, 2.75) is 30.8 Å². The molecule has 8 nitrogen and oxygen atoms in total. The van der Waals surface area contributed by atoms with E-state index in [4.69, 9.17) is 4.74 Å². The third kappa shape index (κ3) is 6.05. The molecule has 0 spiro atoms. The van der Waals surface area contributed by atoms with Gasteiger partial charge in [-0.1, -0.05) is 36.0 Å². The summed E-state index contributed by atoms with van der Waals surface area (Å²) in [6.07, 6.45) is 2.00. The molecule has 0 atom stereocenters. The van der Waals surface area contributed by atoms with Crippen LogP contribution in [0.5, 0.6) is 5.75 Å². The highest BCUT2D eigenvalue weighted by Crippen LogP contribution is 2.26. The standard InChI is InChI=1S/C25H26N4O4S/c1-15-7-10-21(33-2)20(11-15)28-22(30)13-26-23(31)14-34-24-12-18(25(32)27-16-8-9-16)17-5-3-4-6-19(17)29-24/h3-7,10-12,16H,8-9,13-14H2,1-2H3,(H,26,31)(H,27,32)(H,28,30). The molecule has 1 heterocycles. The fraction of sp³-hybridized carbons (Fsp3) is 0.280. The zero-order valence-corrected chi connectivity index (χ0v) is 19.8. The second-order valence-electron chi connectivity index (χ2n) is 8.09. The van der Waals surface area contributed by atoms with Gasteiger partial charge in [0.2, 0.25) is 11.8 Å². The normalized spacial score (nSPS) is 12.8. The number of benzene rings is 2. The third-order valence-corrected chi connectivity index (χ3v) is 6.19. The van der Waals surface area contributed by atoms with Crippen molar-refractivity contribution in [1.82, 2.24) is 15.6 Å². The molecule has 0 aliphatic heterocycles. The second kappa shape index (κ2) is 10.6. The number of pyridine rings is 1. The number of nitrogens with zero attached hydrogens (tertiary/aromatic N) is 1. The molecule has 3 aromatic rings. The van der Waals surface area contributed by atoms with Crippen molar-refractivity contribution in [3.63, 3.8) is 0 Å². The molecule has 34 heavy (non-hydrogen) atoms. The molecule has 1 aliphatic carbocycles. The lowest BCUT2D eigenvalue weighted by Gasteiger charge is -2.12. The molecule has 0 bridgehead atoms. The Morgan fingerprint density at radius 3 is 2.65 bits per heavy atom. The molecule has 9 heteroatoms. The quantitative estimate of drug-likeness (QED) is 0.407. The molecule has 0 saturated heterocycles. The first-order chi connectivity index (χ1) is 16.4. The fourth-order valence-electron chi connectivity index (χ4n) is 3.39. The van der Waals surface area contributed by atoms with Gasteiger partial charge in [-0.15, -0.1) is 0 Å². The first-order valence-electron chi connectivity index (χ1n) is 11.0. The number of hydrogen-bond donors (Lipinski definition) is 3. The number of para-hydroxylation sites is 1. The van der Waals surface area contributed by atoms with Gasteiger partial charge in [-0.25, -0.2) is 4.98 Å². The Morgan fingerprint density at radius 2 is 1.88 bits per heavy atom. The van der Waals surface area contributed by atoms with Crippen molar-refractivity contribution in [2.75, 3.05) is 24.7 Å². The number of amides is 3. The van der Waals surface area contributed by atoms with Gasteiger partial charge < -0.3 is 20.7 Å². The van der Waals surface area contributed by atoms with E-state index in [1.807, 2.05) is 37.3 Å². The summed E-state index contributed by atoms with van der Waals surface area (Å²) in [6.45, 7) is 1.74. The summed E-state index contributed by atoms with van der Waals surface area (Å²) >= 11 is 1.22. The lowest BCUT2D eigenvalue weighted by Crippen LogP contribution is -2.34. The van der Waals surface area contributed by atoms with E-state index in [-0.39, 0.29) is 36.1 Å². The first-order valence-corrected chi connectivity index (χ1v) is 12.0. The van der Waals surface area contributed by atoms with Crippen molar-refractivity contribution < 1.29 is 19.1 Å². The van der Waals surface area contributed by atoms with Gasteiger partial charge in [0.1, 0.15) is 5.75 Å². The Labute approximate surface area is 201 Å². The predicted octanol–water partition coefficient (Wildman–Crippen LogP) is 3.29. The van der Waals surface area contributed by atoms with E-state index >= 15 is 0 Å². The highest BCUT2D eigenvalue weighted by atomic mass is 32.2. The highest BCUT2D eigenvalue weighted by Gasteiger charge is 2.25. The fourth-order valence-corrected chi connectivity index (χ4v) is 4.13. The number of nitrogens with one attached hydrogen (secondary N) is 3. The Hall–Kier alpha value is -3.59. The maximum Gasteiger partial charge on any atom is 0.252 e.